The van der Waals surface area contributed by atoms with Gasteiger partial charge in [0.15, 0.2) is 0 Å². The van der Waals surface area contributed by atoms with Crippen LogP contribution in [-0.4, -0.2) is 62.8 Å². The molecule has 0 aromatic heterocycles. The van der Waals surface area contributed by atoms with E-state index in [-0.39, 0.29) is 5.91 Å². The van der Waals surface area contributed by atoms with E-state index in [4.69, 9.17) is 4.74 Å². The molecule has 1 atom stereocenters. The van der Waals surface area contributed by atoms with Gasteiger partial charge in [0.2, 0.25) is 5.91 Å². The van der Waals surface area contributed by atoms with Gasteiger partial charge in [0, 0.05) is 25.7 Å². The van der Waals surface area contributed by atoms with E-state index < -0.39 is 0 Å². The highest BCUT2D eigenvalue weighted by Crippen LogP contribution is 2.27. The second-order valence-corrected chi connectivity index (χ2v) is 6.67. The van der Waals surface area contributed by atoms with Crippen molar-refractivity contribution in [3.63, 3.8) is 0 Å². The number of amides is 1. The van der Waals surface area contributed by atoms with E-state index in [9.17, 15) is 4.79 Å². The molecule has 1 aliphatic carbocycles. The molecule has 0 aromatic rings. The van der Waals surface area contributed by atoms with Gasteiger partial charge in [-0.05, 0) is 31.2 Å². The van der Waals surface area contributed by atoms with Crippen LogP contribution in [0.15, 0.2) is 0 Å². The third-order valence-corrected chi connectivity index (χ3v) is 5.03. The SMILES string of the molecule is CCC(CC)C(CNC(=O)CNCC1CC1)N1CCOCC1. The molecule has 2 N–H and O–H groups in total. The van der Waals surface area contributed by atoms with E-state index in [1.54, 1.807) is 0 Å². The molecule has 1 saturated carbocycles. The summed E-state index contributed by atoms with van der Waals surface area (Å²) in [7, 11) is 0. The number of carbonyl (C=O) groups is 1. The number of rotatable bonds is 10. The van der Waals surface area contributed by atoms with E-state index in [2.05, 4.69) is 29.4 Å². The number of hydrogen-bond donors (Lipinski definition) is 2. The molecule has 1 aliphatic heterocycles. The first kappa shape index (κ1) is 17.7. The highest BCUT2D eigenvalue weighted by molar-refractivity contribution is 5.78. The summed E-state index contributed by atoms with van der Waals surface area (Å²) in [5.41, 5.74) is 0. The van der Waals surface area contributed by atoms with E-state index in [0.717, 1.165) is 58.2 Å². The zero-order valence-corrected chi connectivity index (χ0v) is 14.3. The van der Waals surface area contributed by atoms with Crippen LogP contribution in [0.5, 0.6) is 0 Å². The Labute approximate surface area is 135 Å². The molecule has 1 saturated heterocycles. The minimum atomic E-state index is 0.130. The number of morpholine rings is 1. The zero-order chi connectivity index (χ0) is 15.8. The number of hydrogen-bond acceptors (Lipinski definition) is 4. The van der Waals surface area contributed by atoms with E-state index >= 15 is 0 Å². The summed E-state index contributed by atoms with van der Waals surface area (Å²) < 4.78 is 5.46. The highest BCUT2D eigenvalue weighted by atomic mass is 16.5. The van der Waals surface area contributed by atoms with Gasteiger partial charge in [0.05, 0.1) is 19.8 Å². The summed E-state index contributed by atoms with van der Waals surface area (Å²) in [6, 6.07) is 0.436. The molecule has 0 aromatic carbocycles. The van der Waals surface area contributed by atoms with Crippen molar-refractivity contribution in [2.75, 3.05) is 45.9 Å². The molecule has 2 rings (SSSR count). The zero-order valence-electron chi connectivity index (χ0n) is 14.3. The van der Waals surface area contributed by atoms with Gasteiger partial charge in [-0.2, -0.15) is 0 Å². The first-order chi connectivity index (χ1) is 10.7. The van der Waals surface area contributed by atoms with Crippen LogP contribution in [0.25, 0.3) is 0 Å². The van der Waals surface area contributed by atoms with Gasteiger partial charge in [0.25, 0.3) is 0 Å². The second-order valence-electron chi connectivity index (χ2n) is 6.67. The molecular formula is C17H33N3O2. The molecule has 128 valence electrons. The molecule has 2 aliphatic rings. The van der Waals surface area contributed by atoms with Crippen LogP contribution < -0.4 is 10.6 Å². The Bertz CT molecular complexity index is 324. The summed E-state index contributed by atoms with van der Waals surface area (Å²) in [5, 5.41) is 6.40. The summed E-state index contributed by atoms with van der Waals surface area (Å²) in [6.07, 6.45) is 4.97. The van der Waals surface area contributed by atoms with Crippen molar-refractivity contribution in [1.29, 1.82) is 0 Å². The van der Waals surface area contributed by atoms with Crippen molar-refractivity contribution in [3.8, 4) is 0 Å². The topological polar surface area (TPSA) is 53.6 Å². The maximum atomic E-state index is 12.0. The van der Waals surface area contributed by atoms with Crippen molar-refractivity contribution in [1.82, 2.24) is 15.5 Å². The molecule has 1 heterocycles. The first-order valence-corrected chi connectivity index (χ1v) is 9.03. The average Bonchev–Trinajstić information content (AvgIpc) is 3.36. The van der Waals surface area contributed by atoms with Crippen LogP contribution in [0.1, 0.15) is 39.5 Å². The number of carbonyl (C=O) groups excluding carboxylic acids is 1. The van der Waals surface area contributed by atoms with Gasteiger partial charge in [-0.15, -0.1) is 0 Å². The number of nitrogens with zero attached hydrogens (tertiary/aromatic N) is 1. The first-order valence-electron chi connectivity index (χ1n) is 9.03. The van der Waals surface area contributed by atoms with Gasteiger partial charge >= 0.3 is 0 Å². The Morgan fingerprint density at radius 2 is 1.91 bits per heavy atom. The third-order valence-electron chi connectivity index (χ3n) is 5.03. The lowest BCUT2D eigenvalue weighted by molar-refractivity contribution is -0.120. The molecular weight excluding hydrogens is 278 g/mol. The fraction of sp³-hybridized carbons (Fsp3) is 0.941. The smallest absolute Gasteiger partial charge is 0.234 e. The Morgan fingerprint density at radius 3 is 2.50 bits per heavy atom. The lowest BCUT2D eigenvalue weighted by Gasteiger charge is -2.38. The van der Waals surface area contributed by atoms with Gasteiger partial charge in [-0.25, -0.2) is 0 Å². The van der Waals surface area contributed by atoms with E-state index in [0.29, 0.717) is 18.5 Å². The average molecular weight is 311 g/mol. The summed E-state index contributed by atoms with van der Waals surface area (Å²) in [6.45, 7) is 10.3. The summed E-state index contributed by atoms with van der Waals surface area (Å²) in [5.74, 6) is 1.58. The van der Waals surface area contributed by atoms with Crippen molar-refractivity contribution in [3.05, 3.63) is 0 Å². The van der Waals surface area contributed by atoms with E-state index in [1.807, 2.05) is 0 Å². The van der Waals surface area contributed by atoms with Crippen molar-refractivity contribution < 1.29 is 9.53 Å². The Hall–Kier alpha value is -0.650. The van der Waals surface area contributed by atoms with Crippen LogP contribution in [0, 0.1) is 11.8 Å². The van der Waals surface area contributed by atoms with Gasteiger partial charge in [-0.3, -0.25) is 9.69 Å². The Balaban J connectivity index is 1.75. The lowest BCUT2D eigenvalue weighted by Crippen LogP contribution is -2.52. The second kappa shape index (κ2) is 9.48. The number of nitrogens with one attached hydrogen (secondary N) is 2. The van der Waals surface area contributed by atoms with Gasteiger partial charge < -0.3 is 15.4 Å². The summed E-state index contributed by atoms with van der Waals surface area (Å²) >= 11 is 0. The van der Waals surface area contributed by atoms with Crippen LogP contribution in [0.4, 0.5) is 0 Å². The molecule has 22 heavy (non-hydrogen) atoms. The monoisotopic (exact) mass is 311 g/mol. The van der Waals surface area contributed by atoms with Crippen molar-refractivity contribution >= 4 is 5.91 Å². The maximum Gasteiger partial charge on any atom is 0.234 e. The van der Waals surface area contributed by atoms with E-state index in [1.165, 1.54) is 12.8 Å². The summed E-state index contributed by atoms with van der Waals surface area (Å²) in [4.78, 5) is 14.5. The third kappa shape index (κ3) is 5.86. The van der Waals surface area contributed by atoms with Crippen LogP contribution in [-0.2, 0) is 9.53 Å². The van der Waals surface area contributed by atoms with Crippen molar-refractivity contribution in [2.45, 2.75) is 45.6 Å². The molecule has 5 heteroatoms. The predicted molar refractivity (Wildman–Crippen MR) is 88.9 cm³/mol. The van der Waals surface area contributed by atoms with Crippen LogP contribution in [0.3, 0.4) is 0 Å². The standard InChI is InChI=1S/C17H33N3O2/c1-3-15(4-2)16(20-7-9-22-10-8-20)12-19-17(21)13-18-11-14-5-6-14/h14-16,18H,3-13H2,1-2H3,(H,19,21). The van der Waals surface area contributed by atoms with Crippen LogP contribution in [0.2, 0.25) is 0 Å². The molecule has 5 nitrogen and oxygen atoms in total. The molecule has 0 radical (unpaired) electrons. The quantitative estimate of drug-likeness (QED) is 0.637. The van der Waals surface area contributed by atoms with Gasteiger partial charge in [-0.1, -0.05) is 26.7 Å². The molecule has 1 unspecified atom stereocenters. The van der Waals surface area contributed by atoms with Crippen molar-refractivity contribution in [2.24, 2.45) is 11.8 Å². The minimum Gasteiger partial charge on any atom is -0.379 e. The Kier molecular flexibility index (Phi) is 7.63. The normalized spacial score (nSPS) is 21.0. The maximum absolute atomic E-state index is 12.0. The minimum absolute atomic E-state index is 0.130. The lowest BCUT2D eigenvalue weighted by atomic mass is 9.92. The molecule has 1 amide bonds. The number of ether oxygens (including phenoxy) is 1. The van der Waals surface area contributed by atoms with Crippen LogP contribution >= 0.6 is 0 Å². The highest BCUT2D eigenvalue weighted by Gasteiger charge is 2.27. The molecule has 2 fully saturated rings. The predicted octanol–water partition coefficient (Wildman–Crippen LogP) is 1.24. The fourth-order valence-corrected chi connectivity index (χ4v) is 3.33. The molecule has 0 spiro atoms. The fourth-order valence-electron chi connectivity index (χ4n) is 3.33. The van der Waals surface area contributed by atoms with Gasteiger partial charge in [0.1, 0.15) is 0 Å². The largest absolute Gasteiger partial charge is 0.379 e. The Morgan fingerprint density at radius 1 is 1.23 bits per heavy atom. The molecule has 0 bridgehead atoms.